The van der Waals surface area contributed by atoms with Crippen molar-refractivity contribution in [3.63, 3.8) is 0 Å². The van der Waals surface area contributed by atoms with Crippen molar-refractivity contribution in [2.24, 2.45) is 5.18 Å². The van der Waals surface area contributed by atoms with E-state index in [0.29, 0.717) is 0 Å². The van der Waals surface area contributed by atoms with Crippen molar-refractivity contribution in [2.45, 2.75) is 23.1 Å². The molecule has 1 saturated heterocycles. The first-order valence-corrected chi connectivity index (χ1v) is 4.04. The number of rotatable bonds is 2. The third-order valence-corrected chi connectivity index (χ3v) is 2.57. The molecule has 6 heteroatoms. The third kappa shape index (κ3) is 1.30. The van der Waals surface area contributed by atoms with Gasteiger partial charge in [-0.05, 0) is 6.08 Å². The predicted octanol–water partition coefficient (Wildman–Crippen LogP) is -0.716. The summed E-state index contributed by atoms with van der Waals surface area (Å²) in [5, 5.41) is 12.3. The standard InChI is InChI=1S/C6H10BNO3S/c1-2-6(12)4(9)3(8-10)5(7)11-6/h2-5,9,12H,1,7H2/t3?,4-,5+,6-/m0/s1. The molecule has 0 bridgehead atoms. The van der Waals surface area contributed by atoms with E-state index in [1.807, 2.05) is 0 Å². The molecular weight excluding hydrogens is 177 g/mol. The molecule has 0 amide bonds. The van der Waals surface area contributed by atoms with E-state index in [0.717, 1.165) is 0 Å². The quantitative estimate of drug-likeness (QED) is 0.259. The van der Waals surface area contributed by atoms with Gasteiger partial charge < -0.3 is 9.84 Å². The van der Waals surface area contributed by atoms with Crippen LogP contribution in [-0.4, -0.2) is 36.0 Å². The molecule has 0 aliphatic carbocycles. The minimum Gasteiger partial charge on any atom is -0.386 e. The molecule has 1 fully saturated rings. The van der Waals surface area contributed by atoms with Gasteiger partial charge in [0.2, 0.25) is 0 Å². The lowest BCUT2D eigenvalue weighted by atomic mass is 9.91. The summed E-state index contributed by atoms with van der Waals surface area (Å²) < 4.78 is 5.22. The predicted molar refractivity (Wildman–Crippen MR) is 50.9 cm³/mol. The first-order chi connectivity index (χ1) is 5.55. The van der Waals surface area contributed by atoms with Crippen LogP contribution in [0.1, 0.15) is 0 Å². The SMILES string of the molecule is B[C@@H]1O[C@](S)(C=C)[C@@H](O)C1N=O. The molecule has 0 saturated carbocycles. The number of nitroso groups, excluding NO2 is 1. The van der Waals surface area contributed by atoms with Gasteiger partial charge in [0.15, 0.2) is 4.93 Å². The van der Waals surface area contributed by atoms with Crippen LogP contribution in [0.15, 0.2) is 17.8 Å². The fourth-order valence-corrected chi connectivity index (χ4v) is 1.57. The van der Waals surface area contributed by atoms with Crippen molar-refractivity contribution in [2.75, 3.05) is 0 Å². The molecule has 0 radical (unpaired) electrons. The lowest BCUT2D eigenvalue weighted by molar-refractivity contribution is 0.0402. The summed E-state index contributed by atoms with van der Waals surface area (Å²) in [7, 11) is 1.66. The first kappa shape index (κ1) is 9.76. The molecule has 1 unspecified atom stereocenters. The maximum atomic E-state index is 10.3. The number of aliphatic hydroxyl groups excluding tert-OH is 1. The molecule has 1 N–H and O–H groups in total. The zero-order valence-electron chi connectivity index (χ0n) is 6.67. The van der Waals surface area contributed by atoms with Crippen molar-refractivity contribution >= 4 is 20.5 Å². The zero-order chi connectivity index (χ0) is 9.35. The van der Waals surface area contributed by atoms with Gasteiger partial charge in [-0.15, -0.1) is 12.6 Å². The summed E-state index contributed by atoms with van der Waals surface area (Å²) in [4.78, 5) is 9.13. The molecule has 0 spiro atoms. The summed E-state index contributed by atoms with van der Waals surface area (Å²) in [6.07, 6.45) is 0.341. The molecule has 4 nitrogen and oxygen atoms in total. The highest BCUT2D eigenvalue weighted by Gasteiger charge is 2.49. The maximum Gasteiger partial charge on any atom is 0.156 e. The van der Waals surface area contributed by atoms with Crippen molar-refractivity contribution in [1.82, 2.24) is 0 Å². The molecule has 4 atom stereocenters. The van der Waals surface area contributed by atoms with Crippen LogP contribution >= 0.6 is 12.6 Å². The Hall–Kier alpha value is -0.325. The average Bonchev–Trinajstić information content (AvgIpc) is 2.25. The van der Waals surface area contributed by atoms with Crippen molar-refractivity contribution in [3.8, 4) is 0 Å². The first-order valence-electron chi connectivity index (χ1n) is 3.59. The minimum absolute atomic E-state index is 0.423. The molecule has 0 aromatic rings. The van der Waals surface area contributed by atoms with E-state index in [1.165, 1.54) is 6.08 Å². The van der Waals surface area contributed by atoms with Crippen LogP contribution in [-0.2, 0) is 4.74 Å². The van der Waals surface area contributed by atoms with Crippen LogP contribution in [0.5, 0.6) is 0 Å². The average molecular weight is 187 g/mol. The van der Waals surface area contributed by atoms with Crippen molar-refractivity contribution in [1.29, 1.82) is 0 Å². The van der Waals surface area contributed by atoms with Crippen LogP contribution in [0.4, 0.5) is 0 Å². The molecule has 0 aromatic carbocycles. The molecule has 1 aliphatic heterocycles. The Morgan fingerprint density at radius 3 is 2.67 bits per heavy atom. The molecule has 12 heavy (non-hydrogen) atoms. The summed E-state index contributed by atoms with van der Waals surface area (Å²) in [5.74, 6) is 0. The largest absolute Gasteiger partial charge is 0.386 e. The monoisotopic (exact) mass is 187 g/mol. The highest BCUT2D eigenvalue weighted by molar-refractivity contribution is 7.81. The van der Waals surface area contributed by atoms with E-state index in [-0.39, 0.29) is 0 Å². The van der Waals surface area contributed by atoms with Gasteiger partial charge in [-0.25, -0.2) is 0 Å². The number of nitrogens with zero attached hydrogens (tertiary/aromatic N) is 1. The molecule has 0 aromatic heterocycles. The third-order valence-electron chi connectivity index (χ3n) is 2.02. The smallest absolute Gasteiger partial charge is 0.156 e. The molecular formula is C6H10BNO3S. The number of ether oxygens (including phenoxy) is 1. The summed E-state index contributed by atoms with van der Waals surface area (Å²) in [6, 6.07) is -1.19. The maximum absolute atomic E-state index is 10.3. The van der Waals surface area contributed by atoms with Crippen LogP contribution in [0.3, 0.4) is 0 Å². The topological polar surface area (TPSA) is 58.9 Å². The van der Waals surface area contributed by atoms with Crippen LogP contribution in [0.2, 0.25) is 0 Å². The number of aliphatic hydroxyl groups is 1. The Kier molecular flexibility index (Phi) is 2.60. The number of hydrogen-bond donors (Lipinski definition) is 2. The Balaban J connectivity index is 2.88. The van der Waals surface area contributed by atoms with E-state index in [2.05, 4.69) is 24.4 Å². The second-order valence-corrected chi connectivity index (χ2v) is 3.52. The zero-order valence-corrected chi connectivity index (χ0v) is 7.57. The Morgan fingerprint density at radius 1 is 1.83 bits per heavy atom. The van der Waals surface area contributed by atoms with Gasteiger partial charge in [-0.1, -0.05) is 11.8 Å². The van der Waals surface area contributed by atoms with Crippen molar-refractivity contribution in [3.05, 3.63) is 17.6 Å². The van der Waals surface area contributed by atoms with Gasteiger partial charge >= 0.3 is 0 Å². The van der Waals surface area contributed by atoms with Gasteiger partial charge in [0.25, 0.3) is 0 Å². The van der Waals surface area contributed by atoms with Gasteiger partial charge in [0.1, 0.15) is 20.0 Å². The lowest BCUT2D eigenvalue weighted by Gasteiger charge is -2.21. The van der Waals surface area contributed by atoms with E-state index in [4.69, 9.17) is 4.74 Å². The van der Waals surface area contributed by atoms with Gasteiger partial charge in [-0.2, -0.15) is 4.91 Å². The second-order valence-electron chi connectivity index (χ2n) is 2.82. The minimum atomic E-state index is -1.14. The van der Waals surface area contributed by atoms with Crippen LogP contribution < -0.4 is 0 Å². The van der Waals surface area contributed by atoms with E-state index in [1.54, 1.807) is 7.85 Å². The fraction of sp³-hybridized carbons (Fsp3) is 0.667. The van der Waals surface area contributed by atoms with Gasteiger partial charge in [0, 0.05) is 0 Å². The fourth-order valence-electron chi connectivity index (χ4n) is 1.25. The van der Waals surface area contributed by atoms with Crippen LogP contribution in [0, 0.1) is 4.91 Å². The van der Waals surface area contributed by atoms with Gasteiger partial charge in [-0.3, -0.25) is 0 Å². The Labute approximate surface area is 76.8 Å². The van der Waals surface area contributed by atoms with Crippen molar-refractivity contribution < 1.29 is 9.84 Å². The van der Waals surface area contributed by atoms with E-state index >= 15 is 0 Å². The van der Waals surface area contributed by atoms with E-state index < -0.39 is 23.1 Å². The Bertz CT molecular complexity index is 215. The number of thiol groups is 1. The summed E-state index contributed by atoms with van der Waals surface area (Å²) in [5.41, 5.74) is 0. The molecule has 66 valence electrons. The Morgan fingerprint density at radius 2 is 2.42 bits per heavy atom. The van der Waals surface area contributed by atoms with Crippen LogP contribution in [0.25, 0.3) is 0 Å². The molecule has 1 heterocycles. The lowest BCUT2D eigenvalue weighted by Crippen LogP contribution is -2.36. The highest BCUT2D eigenvalue weighted by Crippen LogP contribution is 2.35. The molecule has 1 rings (SSSR count). The second kappa shape index (κ2) is 3.20. The number of hydrogen-bond acceptors (Lipinski definition) is 5. The van der Waals surface area contributed by atoms with E-state index in [9.17, 15) is 10.0 Å². The summed E-state index contributed by atoms with van der Waals surface area (Å²) >= 11 is 4.06. The molecule has 1 aliphatic rings. The van der Waals surface area contributed by atoms with Gasteiger partial charge in [0.05, 0.1) is 6.00 Å². The summed E-state index contributed by atoms with van der Waals surface area (Å²) in [6.45, 7) is 3.46. The highest BCUT2D eigenvalue weighted by atomic mass is 32.1. The normalized spacial score (nSPS) is 47.3.